The van der Waals surface area contributed by atoms with Crippen LogP contribution in [0, 0.1) is 0 Å². The molecule has 4 nitrogen and oxygen atoms in total. The van der Waals surface area contributed by atoms with E-state index in [9.17, 15) is 9.59 Å². The number of rotatable bonds is 2. The monoisotopic (exact) mass is 206 g/mol. The quantitative estimate of drug-likeness (QED) is 0.772. The van der Waals surface area contributed by atoms with Crippen LogP contribution in [0.2, 0.25) is 0 Å². The second-order valence-corrected chi connectivity index (χ2v) is 3.29. The summed E-state index contributed by atoms with van der Waals surface area (Å²) in [5, 5.41) is 4.81. The van der Waals surface area contributed by atoms with Gasteiger partial charge in [-0.3, -0.25) is 10.1 Å². The van der Waals surface area contributed by atoms with E-state index in [0.717, 1.165) is 5.56 Å². The van der Waals surface area contributed by atoms with Crippen LogP contribution >= 0.6 is 0 Å². The molecule has 0 aliphatic heterocycles. The standard InChI is InChI=1S/C11H14N2O2/c1-8(10-6-4-3-5-7-10)12-11(15)13-9(2)14/h3-8H,1-2H3,(H2,12,13,14,15). The summed E-state index contributed by atoms with van der Waals surface area (Å²) < 4.78 is 0. The Bertz CT molecular complexity index is 349. The molecule has 1 rings (SSSR count). The molecule has 80 valence electrons. The highest BCUT2D eigenvalue weighted by Gasteiger charge is 2.09. The lowest BCUT2D eigenvalue weighted by atomic mass is 10.1. The van der Waals surface area contributed by atoms with E-state index in [2.05, 4.69) is 10.6 Å². The maximum Gasteiger partial charge on any atom is 0.321 e. The first kappa shape index (κ1) is 11.2. The lowest BCUT2D eigenvalue weighted by Gasteiger charge is -2.13. The number of carbonyl (C=O) groups excluding carboxylic acids is 2. The van der Waals surface area contributed by atoms with Crippen LogP contribution in [0.5, 0.6) is 0 Å². The van der Waals surface area contributed by atoms with Crippen molar-refractivity contribution in [2.45, 2.75) is 19.9 Å². The highest BCUT2D eigenvalue weighted by molar-refractivity contribution is 5.93. The van der Waals surface area contributed by atoms with Crippen molar-refractivity contribution in [3.8, 4) is 0 Å². The highest BCUT2D eigenvalue weighted by Crippen LogP contribution is 2.10. The van der Waals surface area contributed by atoms with Gasteiger partial charge in [-0.25, -0.2) is 4.79 Å². The van der Waals surface area contributed by atoms with Gasteiger partial charge in [-0.15, -0.1) is 0 Å². The van der Waals surface area contributed by atoms with Gasteiger partial charge in [0.05, 0.1) is 6.04 Å². The van der Waals surface area contributed by atoms with E-state index < -0.39 is 6.03 Å². The van der Waals surface area contributed by atoms with Crippen molar-refractivity contribution in [3.05, 3.63) is 35.9 Å². The molecule has 0 heterocycles. The number of benzene rings is 1. The molecular weight excluding hydrogens is 192 g/mol. The maximum atomic E-state index is 11.2. The molecule has 15 heavy (non-hydrogen) atoms. The molecule has 0 saturated carbocycles. The Morgan fingerprint density at radius 3 is 2.33 bits per heavy atom. The summed E-state index contributed by atoms with van der Waals surface area (Å²) in [5.41, 5.74) is 0.996. The number of nitrogens with one attached hydrogen (secondary N) is 2. The predicted molar refractivity (Wildman–Crippen MR) is 57.2 cm³/mol. The normalized spacial score (nSPS) is 11.6. The first-order valence-electron chi connectivity index (χ1n) is 4.72. The van der Waals surface area contributed by atoms with Crippen LogP contribution in [0.15, 0.2) is 30.3 Å². The summed E-state index contributed by atoms with van der Waals surface area (Å²) in [6.07, 6.45) is 0. The van der Waals surface area contributed by atoms with Crippen LogP contribution in [-0.4, -0.2) is 11.9 Å². The van der Waals surface area contributed by atoms with Crippen LogP contribution in [0.4, 0.5) is 4.79 Å². The third-order valence-corrected chi connectivity index (χ3v) is 1.94. The number of imide groups is 1. The molecule has 0 aliphatic rings. The first-order valence-corrected chi connectivity index (χ1v) is 4.72. The van der Waals surface area contributed by atoms with E-state index >= 15 is 0 Å². The fourth-order valence-electron chi connectivity index (χ4n) is 1.22. The Hall–Kier alpha value is -1.84. The smallest absolute Gasteiger partial charge is 0.321 e. The molecule has 0 saturated heterocycles. The molecule has 1 atom stereocenters. The summed E-state index contributed by atoms with van der Waals surface area (Å²) in [6.45, 7) is 3.15. The third-order valence-electron chi connectivity index (χ3n) is 1.94. The molecule has 0 spiro atoms. The molecule has 1 aromatic carbocycles. The molecule has 4 heteroatoms. The molecule has 1 unspecified atom stereocenters. The highest BCUT2D eigenvalue weighted by atomic mass is 16.2. The summed E-state index contributed by atoms with van der Waals surface area (Å²) in [4.78, 5) is 21.8. The van der Waals surface area contributed by atoms with Gasteiger partial charge in [-0.05, 0) is 12.5 Å². The summed E-state index contributed by atoms with van der Waals surface area (Å²) in [7, 11) is 0. The minimum Gasteiger partial charge on any atom is -0.331 e. The van der Waals surface area contributed by atoms with Gasteiger partial charge in [0, 0.05) is 6.92 Å². The van der Waals surface area contributed by atoms with Crippen molar-refractivity contribution in [1.82, 2.24) is 10.6 Å². The summed E-state index contributed by atoms with van der Waals surface area (Å²) >= 11 is 0. The van der Waals surface area contributed by atoms with Gasteiger partial charge in [0.25, 0.3) is 0 Å². The zero-order chi connectivity index (χ0) is 11.3. The molecule has 0 radical (unpaired) electrons. The van der Waals surface area contributed by atoms with Gasteiger partial charge in [0.2, 0.25) is 5.91 Å². The van der Waals surface area contributed by atoms with Crippen molar-refractivity contribution in [2.75, 3.05) is 0 Å². The Balaban J connectivity index is 2.53. The topological polar surface area (TPSA) is 58.2 Å². The molecule has 0 aromatic heterocycles. The second kappa shape index (κ2) is 5.14. The molecule has 1 aromatic rings. The summed E-state index contributed by atoms with van der Waals surface area (Å²) in [5.74, 6) is -0.368. The minimum atomic E-state index is -0.473. The van der Waals surface area contributed by atoms with Crippen molar-refractivity contribution < 1.29 is 9.59 Å². The van der Waals surface area contributed by atoms with Gasteiger partial charge in [-0.2, -0.15) is 0 Å². The Morgan fingerprint density at radius 1 is 1.20 bits per heavy atom. The van der Waals surface area contributed by atoms with Crippen LogP contribution < -0.4 is 10.6 Å². The zero-order valence-electron chi connectivity index (χ0n) is 8.78. The van der Waals surface area contributed by atoms with E-state index in [0.29, 0.717) is 0 Å². The number of carbonyl (C=O) groups is 2. The van der Waals surface area contributed by atoms with Crippen LogP contribution in [0.3, 0.4) is 0 Å². The Morgan fingerprint density at radius 2 is 1.80 bits per heavy atom. The van der Waals surface area contributed by atoms with Crippen molar-refractivity contribution in [1.29, 1.82) is 0 Å². The maximum absolute atomic E-state index is 11.2. The lowest BCUT2D eigenvalue weighted by molar-refractivity contribution is -0.117. The van der Waals surface area contributed by atoms with Crippen LogP contribution in [0.25, 0.3) is 0 Å². The van der Waals surface area contributed by atoms with E-state index in [1.807, 2.05) is 37.3 Å². The van der Waals surface area contributed by atoms with E-state index in [4.69, 9.17) is 0 Å². The van der Waals surface area contributed by atoms with Gasteiger partial charge >= 0.3 is 6.03 Å². The number of hydrogen-bond donors (Lipinski definition) is 2. The lowest BCUT2D eigenvalue weighted by Crippen LogP contribution is -2.39. The first-order chi connectivity index (χ1) is 7.09. The molecular formula is C11H14N2O2. The Kier molecular flexibility index (Phi) is 3.85. The van der Waals surface area contributed by atoms with Gasteiger partial charge < -0.3 is 5.32 Å². The average molecular weight is 206 g/mol. The zero-order valence-corrected chi connectivity index (χ0v) is 8.78. The molecule has 3 amide bonds. The molecule has 2 N–H and O–H groups in total. The van der Waals surface area contributed by atoms with E-state index in [1.165, 1.54) is 6.92 Å². The largest absolute Gasteiger partial charge is 0.331 e. The van der Waals surface area contributed by atoms with Gasteiger partial charge in [0.15, 0.2) is 0 Å². The number of hydrogen-bond acceptors (Lipinski definition) is 2. The molecule has 0 bridgehead atoms. The van der Waals surface area contributed by atoms with Crippen LogP contribution in [-0.2, 0) is 4.79 Å². The molecule has 0 fully saturated rings. The minimum absolute atomic E-state index is 0.120. The average Bonchev–Trinajstić information content (AvgIpc) is 2.17. The van der Waals surface area contributed by atoms with Crippen molar-refractivity contribution in [3.63, 3.8) is 0 Å². The second-order valence-electron chi connectivity index (χ2n) is 3.29. The van der Waals surface area contributed by atoms with Crippen LogP contribution in [0.1, 0.15) is 25.5 Å². The van der Waals surface area contributed by atoms with Gasteiger partial charge in [0.1, 0.15) is 0 Å². The van der Waals surface area contributed by atoms with Crippen molar-refractivity contribution >= 4 is 11.9 Å². The summed E-state index contributed by atoms with van der Waals surface area (Å²) in [6, 6.07) is 8.94. The predicted octanol–water partition coefficient (Wildman–Crippen LogP) is 1.59. The third kappa shape index (κ3) is 3.81. The number of amides is 3. The Labute approximate surface area is 88.7 Å². The van der Waals surface area contributed by atoms with Crippen molar-refractivity contribution in [2.24, 2.45) is 0 Å². The fraction of sp³-hybridized carbons (Fsp3) is 0.273. The molecule has 0 aliphatic carbocycles. The van der Waals surface area contributed by atoms with Gasteiger partial charge in [-0.1, -0.05) is 30.3 Å². The number of urea groups is 1. The van der Waals surface area contributed by atoms with E-state index in [-0.39, 0.29) is 11.9 Å². The van der Waals surface area contributed by atoms with E-state index in [1.54, 1.807) is 0 Å². The fourth-order valence-corrected chi connectivity index (χ4v) is 1.22. The SMILES string of the molecule is CC(=O)NC(=O)NC(C)c1ccccc1.